The van der Waals surface area contributed by atoms with Gasteiger partial charge in [0.1, 0.15) is 6.10 Å². The van der Waals surface area contributed by atoms with E-state index in [2.05, 4.69) is 15.1 Å². The molecule has 1 spiro atoms. The first kappa shape index (κ1) is 19.1. The van der Waals surface area contributed by atoms with E-state index in [1.165, 1.54) is 18.9 Å². The molecule has 0 aromatic carbocycles. The van der Waals surface area contributed by atoms with E-state index in [1.54, 1.807) is 6.07 Å². The summed E-state index contributed by atoms with van der Waals surface area (Å²) >= 11 is 0. The van der Waals surface area contributed by atoms with E-state index < -0.39 is 5.41 Å². The van der Waals surface area contributed by atoms with E-state index in [9.17, 15) is 14.4 Å². The van der Waals surface area contributed by atoms with Crippen LogP contribution in [0, 0.1) is 5.41 Å². The smallest absolute Gasteiger partial charge is 0.312 e. The van der Waals surface area contributed by atoms with Crippen molar-refractivity contribution in [2.45, 2.75) is 51.0 Å². The molecule has 1 aromatic rings. The van der Waals surface area contributed by atoms with Gasteiger partial charge in [-0.1, -0.05) is 0 Å². The average molecular weight is 388 g/mol. The van der Waals surface area contributed by atoms with Crippen LogP contribution < -0.4 is 5.56 Å². The monoisotopic (exact) mass is 388 g/mol. The third kappa shape index (κ3) is 4.11. The summed E-state index contributed by atoms with van der Waals surface area (Å²) in [5.74, 6) is 0.00377. The van der Waals surface area contributed by atoms with Gasteiger partial charge >= 0.3 is 5.97 Å². The van der Waals surface area contributed by atoms with Gasteiger partial charge in [-0.3, -0.25) is 19.3 Å². The number of ether oxygens (including phenoxy) is 1. The molecule has 8 heteroatoms. The number of piperidine rings is 1. The number of carbonyl (C=O) groups excluding carboxylic acids is 2. The molecule has 0 bridgehead atoms. The van der Waals surface area contributed by atoms with Gasteiger partial charge in [-0.15, -0.1) is 0 Å². The van der Waals surface area contributed by atoms with E-state index in [0.29, 0.717) is 44.5 Å². The molecule has 0 aliphatic carbocycles. The zero-order chi connectivity index (χ0) is 19.6. The maximum atomic E-state index is 12.6. The van der Waals surface area contributed by atoms with Crippen molar-refractivity contribution >= 4 is 11.9 Å². The number of carbonyl (C=O) groups is 2. The summed E-state index contributed by atoms with van der Waals surface area (Å²) in [5, 5.41) is 6.33. The normalized spacial score (nSPS) is 24.6. The summed E-state index contributed by atoms with van der Waals surface area (Å²) in [6.45, 7) is 4.26. The standard InChI is InChI=1S/C20H28N4O4/c25-17-5-3-15(21-22-17)4-6-18(26)24-11-7-20(8-12-24)13-16(28-19(20)27)14-23-9-1-2-10-23/h3,5,16H,1-2,4,6-14H2,(H,22,25). The number of rotatable bonds is 5. The van der Waals surface area contributed by atoms with Gasteiger partial charge in [-0.2, -0.15) is 5.10 Å². The summed E-state index contributed by atoms with van der Waals surface area (Å²) in [7, 11) is 0. The molecule has 3 saturated heterocycles. The summed E-state index contributed by atoms with van der Waals surface area (Å²) in [4.78, 5) is 40.4. The Morgan fingerprint density at radius 2 is 1.93 bits per heavy atom. The fourth-order valence-corrected chi connectivity index (χ4v) is 4.69. The van der Waals surface area contributed by atoms with Gasteiger partial charge < -0.3 is 9.64 Å². The van der Waals surface area contributed by atoms with Crippen molar-refractivity contribution in [2.24, 2.45) is 5.41 Å². The number of esters is 1. The third-order valence-corrected chi connectivity index (χ3v) is 6.39. The molecule has 0 radical (unpaired) electrons. The highest BCUT2D eigenvalue weighted by Gasteiger charge is 2.51. The maximum absolute atomic E-state index is 12.6. The topological polar surface area (TPSA) is 95.6 Å². The second-order valence-corrected chi connectivity index (χ2v) is 8.31. The van der Waals surface area contributed by atoms with E-state index in [4.69, 9.17) is 4.74 Å². The first-order chi connectivity index (χ1) is 13.5. The molecule has 3 fully saturated rings. The van der Waals surface area contributed by atoms with Crippen LogP contribution in [-0.2, 0) is 20.7 Å². The predicted octanol–water partition coefficient (Wildman–Crippen LogP) is 0.723. The van der Waals surface area contributed by atoms with Crippen molar-refractivity contribution in [2.75, 3.05) is 32.7 Å². The minimum Gasteiger partial charge on any atom is -0.461 e. The van der Waals surface area contributed by atoms with Crippen molar-refractivity contribution in [3.8, 4) is 0 Å². The fourth-order valence-electron chi connectivity index (χ4n) is 4.69. The molecule has 8 nitrogen and oxygen atoms in total. The SMILES string of the molecule is O=C(CCc1ccc(=O)[nH]n1)N1CCC2(CC1)CC(CN1CCCC1)OC2=O. The molecule has 3 aliphatic rings. The summed E-state index contributed by atoms with van der Waals surface area (Å²) in [5.41, 5.74) is 0.0511. The van der Waals surface area contributed by atoms with Crippen LogP contribution in [0.5, 0.6) is 0 Å². The first-order valence-corrected chi connectivity index (χ1v) is 10.3. The Labute approximate surface area is 164 Å². The summed E-state index contributed by atoms with van der Waals surface area (Å²) in [6.07, 6.45) is 5.47. The first-order valence-electron chi connectivity index (χ1n) is 10.3. The third-order valence-electron chi connectivity index (χ3n) is 6.39. The van der Waals surface area contributed by atoms with Gasteiger partial charge in [0, 0.05) is 45.0 Å². The Morgan fingerprint density at radius 1 is 1.18 bits per heavy atom. The Hall–Kier alpha value is -2.22. The van der Waals surface area contributed by atoms with Crippen LogP contribution >= 0.6 is 0 Å². The van der Waals surface area contributed by atoms with Crippen LogP contribution in [0.4, 0.5) is 0 Å². The van der Waals surface area contributed by atoms with E-state index >= 15 is 0 Å². The van der Waals surface area contributed by atoms with Gasteiger partial charge in [0.05, 0.1) is 11.1 Å². The molecule has 3 aliphatic heterocycles. The number of hydrogen-bond donors (Lipinski definition) is 1. The van der Waals surface area contributed by atoms with Crippen molar-refractivity contribution in [1.82, 2.24) is 20.0 Å². The number of amides is 1. The van der Waals surface area contributed by atoms with E-state index in [-0.39, 0.29) is 23.5 Å². The van der Waals surface area contributed by atoms with Crippen LogP contribution in [0.15, 0.2) is 16.9 Å². The second kappa shape index (κ2) is 8.03. The average Bonchev–Trinajstić information content (AvgIpc) is 3.30. The molecule has 1 amide bonds. The quantitative estimate of drug-likeness (QED) is 0.747. The number of nitrogens with zero attached hydrogens (tertiary/aromatic N) is 3. The Balaban J connectivity index is 1.26. The fraction of sp³-hybridized carbons (Fsp3) is 0.700. The highest BCUT2D eigenvalue weighted by Crippen LogP contribution is 2.43. The van der Waals surface area contributed by atoms with Gasteiger partial charge in [0.15, 0.2) is 0 Å². The molecule has 1 unspecified atom stereocenters. The van der Waals surface area contributed by atoms with E-state index in [0.717, 1.165) is 26.1 Å². The van der Waals surface area contributed by atoms with Crippen LogP contribution in [0.1, 0.15) is 44.2 Å². The number of H-pyrrole nitrogens is 1. The zero-order valence-electron chi connectivity index (χ0n) is 16.2. The molecular formula is C20H28N4O4. The number of aromatic nitrogens is 2. The van der Waals surface area contributed by atoms with Crippen LogP contribution in [0.3, 0.4) is 0 Å². The van der Waals surface area contributed by atoms with Crippen molar-refractivity contribution in [3.63, 3.8) is 0 Å². The number of nitrogens with one attached hydrogen (secondary N) is 1. The lowest BCUT2D eigenvalue weighted by Crippen LogP contribution is -2.45. The molecule has 1 atom stereocenters. The number of aryl methyl sites for hydroxylation is 1. The van der Waals surface area contributed by atoms with Gasteiger partial charge in [-0.25, -0.2) is 5.10 Å². The lowest BCUT2D eigenvalue weighted by molar-refractivity contribution is -0.152. The minimum atomic E-state index is -0.401. The molecule has 1 aromatic heterocycles. The lowest BCUT2D eigenvalue weighted by atomic mass is 9.76. The Morgan fingerprint density at radius 3 is 2.61 bits per heavy atom. The number of hydrogen-bond acceptors (Lipinski definition) is 6. The van der Waals surface area contributed by atoms with Crippen LogP contribution in [0.2, 0.25) is 0 Å². The number of cyclic esters (lactones) is 1. The zero-order valence-corrected chi connectivity index (χ0v) is 16.2. The Bertz CT molecular complexity index is 758. The molecule has 4 heterocycles. The number of aromatic amines is 1. The molecule has 1 N–H and O–H groups in total. The maximum Gasteiger partial charge on any atom is 0.312 e. The van der Waals surface area contributed by atoms with Gasteiger partial charge in [0.2, 0.25) is 5.91 Å². The Kier molecular flexibility index (Phi) is 5.48. The number of likely N-dealkylation sites (tertiary alicyclic amines) is 2. The van der Waals surface area contributed by atoms with Crippen molar-refractivity contribution in [1.29, 1.82) is 0 Å². The lowest BCUT2D eigenvalue weighted by Gasteiger charge is -2.36. The predicted molar refractivity (Wildman–Crippen MR) is 102 cm³/mol. The van der Waals surface area contributed by atoms with Crippen molar-refractivity contribution in [3.05, 3.63) is 28.2 Å². The van der Waals surface area contributed by atoms with Crippen LogP contribution in [-0.4, -0.2) is 70.7 Å². The molecule has 152 valence electrons. The highest BCUT2D eigenvalue weighted by atomic mass is 16.6. The molecule has 0 saturated carbocycles. The van der Waals surface area contributed by atoms with Gasteiger partial charge in [0.25, 0.3) is 5.56 Å². The van der Waals surface area contributed by atoms with Crippen LogP contribution in [0.25, 0.3) is 0 Å². The molecule has 4 rings (SSSR count). The molecular weight excluding hydrogens is 360 g/mol. The summed E-state index contributed by atoms with van der Waals surface area (Å²) < 4.78 is 5.71. The molecule has 28 heavy (non-hydrogen) atoms. The summed E-state index contributed by atoms with van der Waals surface area (Å²) in [6, 6.07) is 3.06. The van der Waals surface area contributed by atoms with Crippen molar-refractivity contribution < 1.29 is 14.3 Å². The van der Waals surface area contributed by atoms with E-state index in [1.807, 2.05) is 4.90 Å². The minimum absolute atomic E-state index is 0.000776. The van der Waals surface area contributed by atoms with Gasteiger partial charge in [-0.05, 0) is 44.8 Å². The second-order valence-electron chi connectivity index (χ2n) is 8.31. The highest BCUT2D eigenvalue weighted by molar-refractivity contribution is 5.80. The largest absolute Gasteiger partial charge is 0.461 e.